The molecule has 7 rings (SSSR count). The monoisotopic (exact) mass is 1520 g/mol. The Kier molecular flexibility index (Phi) is 32.8. The van der Waals surface area contributed by atoms with Crippen molar-refractivity contribution in [1.29, 1.82) is 0 Å². The van der Waals surface area contributed by atoms with Gasteiger partial charge in [-0.1, -0.05) is 117 Å². The van der Waals surface area contributed by atoms with Crippen LogP contribution < -0.4 is 70.0 Å². The number of nitrogens with two attached hydrogens (primary N) is 2. The van der Waals surface area contributed by atoms with E-state index in [1.807, 2.05) is 63.4 Å². The lowest BCUT2D eigenvalue weighted by Gasteiger charge is -2.31. The van der Waals surface area contributed by atoms with E-state index >= 15 is 9.59 Å². The maximum absolute atomic E-state index is 15.3. The third-order valence-electron chi connectivity index (χ3n) is 19.0. The molecule has 109 heavy (non-hydrogen) atoms. The van der Waals surface area contributed by atoms with Crippen molar-refractivity contribution in [2.45, 2.75) is 192 Å². The second-order valence-corrected chi connectivity index (χ2v) is 28.9. The fourth-order valence-corrected chi connectivity index (χ4v) is 12.9. The van der Waals surface area contributed by atoms with Crippen LogP contribution in [0.5, 0.6) is 0 Å². The SMILES string of the molecule is CC[C@H](NC(=O)[C@@H](Cc1cccnc1)NC(=O)[C@@H](Cc1ccc(Cl)cc1)NC(=O)[C@@H](Cc1ccc2ccccc2c1)NC(C)=O)C(=O)N[C@@H](Cc1ccc(N)cc1)C(=O)N[C@H](Cc1ccc(NC(N)=O)cc1)C(=O)N[C@@H](CC(C)C)C(=O)N[C@@H](CCCCN(C)C(C)C)C(=O)N1CCC[C@H]1C(=O)N[C@H](C)C(=O)NC. The van der Waals surface area contributed by atoms with Gasteiger partial charge in [0.1, 0.15) is 60.4 Å². The van der Waals surface area contributed by atoms with E-state index in [2.05, 4.69) is 82.2 Å². The van der Waals surface area contributed by atoms with Gasteiger partial charge in [0.15, 0.2) is 0 Å². The van der Waals surface area contributed by atoms with Crippen LogP contribution in [0, 0.1) is 5.92 Å². The Labute approximate surface area is 641 Å². The number of nitrogens with zero attached hydrogens (tertiary/aromatic N) is 3. The fraction of sp³-hybridized carbons (Fsp3) is 0.438. The van der Waals surface area contributed by atoms with E-state index in [0.717, 1.165) is 16.3 Å². The second kappa shape index (κ2) is 41.9. The lowest BCUT2D eigenvalue weighted by atomic mass is 9.99. The molecular formula is C80H105ClN16O12. The predicted molar refractivity (Wildman–Crippen MR) is 418 cm³/mol. The van der Waals surface area contributed by atoms with Gasteiger partial charge in [0, 0.05) is 87.5 Å². The molecular weight excluding hydrogens is 1410 g/mol. The van der Waals surface area contributed by atoms with Crippen LogP contribution in [0.15, 0.2) is 140 Å². The molecule has 5 aromatic carbocycles. The van der Waals surface area contributed by atoms with E-state index in [0.29, 0.717) is 70.9 Å². The lowest BCUT2D eigenvalue weighted by Crippen LogP contribution is -2.61. The third kappa shape index (κ3) is 27.0. The topological polar surface area (TPSA) is 409 Å². The Balaban J connectivity index is 1.16. The number of carbonyl (C=O) groups excluding carboxylic acids is 12. The molecule has 0 spiro atoms. The number of likely N-dealkylation sites (tertiary alicyclic amines) is 1. The summed E-state index contributed by atoms with van der Waals surface area (Å²) in [5.41, 5.74) is 15.1. The number of anilines is 2. The molecule has 1 aliphatic heterocycles. The van der Waals surface area contributed by atoms with E-state index in [-0.39, 0.29) is 69.9 Å². The molecule has 1 aromatic heterocycles. The summed E-state index contributed by atoms with van der Waals surface area (Å²) < 4.78 is 0. The molecule has 1 fully saturated rings. The first-order chi connectivity index (χ1) is 52.0. The number of rotatable bonds is 39. The zero-order chi connectivity index (χ0) is 79.4. The van der Waals surface area contributed by atoms with Crippen LogP contribution in [-0.4, -0.2) is 179 Å². The number of amides is 13. The molecule has 6 aromatic rings. The zero-order valence-electron chi connectivity index (χ0n) is 63.4. The molecule has 28 nitrogen and oxygen atoms in total. The maximum atomic E-state index is 15.3. The average molecular weight is 1520 g/mol. The minimum absolute atomic E-state index is 0.0545. The summed E-state index contributed by atoms with van der Waals surface area (Å²) in [7, 11) is 3.43. The number of nitrogens with one attached hydrogen (secondary N) is 11. The Morgan fingerprint density at radius 1 is 0.541 bits per heavy atom. The van der Waals surface area contributed by atoms with Gasteiger partial charge in [-0.2, -0.15) is 0 Å². The van der Waals surface area contributed by atoms with Crippen molar-refractivity contribution in [2.75, 3.05) is 38.2 Å². The Hall–Kier alpha value is -11.0. The number of unbranched alkanes of at least 4 members (excludes halogenated alkanes) is 1. The molecule has 10 atom stereocenters. The molecule has 0 bridgehead atoms. The first-order valence-electron chi connectivity index (χ1n) is 37.0. The van der Waals surface area contributed by atoms with E-state index in [4.69, 9.17) is 23.1 Å². The summed E-state index contributed by atoms with van der Waals surface area (Å²) in [6, 6.07) is 22.8. The molecule has 584 valence electrons. The third-order valence-corrected chi connectivity index (χ3v) is 19.3. The number of primary amides is 1. The van der Waals surface area contributed by atoms with Crippen LogP contribution in [0.2, 0.25) is 5.02 Å². The van der Waals surface area contributed by atoms with Gasteiger partial charge in [0.05, 0.1) is 0 Å². The van der Waals surface area contributed by atoms with Crippen molar-refractivity contribution in [3.8, 4) is 0 Å². The quantitative estimate of drug-likeness (QED) is 0.0186. The standard InChI is InChI=1S/C80H105ClN16O12/c1-10-61(89-74(103)68(45-55-17-15-36-85-46-55)95-77(106)66(41-51-23-30-58(81)31-24-51)93-73(102)64(87-50(7)98)44-54-22-29-56-18-11-12-19-57(56)40-54)71(100)92-65(42-52-25-32-59(82)33-26-52)76(105)94-67(43-53-27-34-60(35-28-53)88-80(83)109)75(104)91-63(39-47(2)3)72(101)90-62(20-13-14-37-96(9)48(4)5)79(108)97-38-16-21-69(97)78(107)86-49(6)70(99)84-8/h11-12,15,17-19,22-36,40,46-49,61-69H,10,13-14,16,20-21,37-39,41-45,82H2,1-9H3,(H,84,99)(H,86,107)(H,87,98)(H,89,103)(H,90,101)(H,91,104)(H,92,100)(H,93,102)(H,94,105)(H,95,106)(H3,83,88,109)/t49-,61+,62+,63+,64-,65+,66-,67-,68-,69+/m1/s1. The van der Waals surface area contributed by atoms with Gasteiger partial charge in [-0.15, -0.1) is 0 Å². The Morgan fingerprint density at radius 2 is 1.02 bits per heavy atom. The second-order valence-electron chi connectivity index (χ2n) is 28.4. The van der Waals surface area contributed by atoms with Crippen molar-refractivity contribution in [3.63, 3.8) is 0 Å². The van der Waals surface area contributed by atoms with E-state index in [9.17, 15) is 47.9 Å². The summed E-state index contributed by atoms with van der Waals surface area (Å²) in [6.45, 7) is 13.1. The summed E-state index contributed by atoms with van der Waals surface area (Å²) in [4.78, 5) is 178. The number of urea groups is 1. The number of fused-ring (bicyclic) bond motifs is 1. The van der Waals surface area contributed by atoms with Crippen LogP contribution in [-0.2, 0) is 84.8 Å². The van der Waals surface area contributed by atoms with Crippen LogP contribution in [0.4, 0.5) is 16.2 Å². The predicted octanol–water partition coefficient (Wildman–Crippen LogP) is 4.58. The average Bonchev–Trinajstić information content (AvgIpc) is 1.79. The highest BCUT2D eigenvalue weighted by atomic mass is 35.5. The molecule has 0 unspecified atom stereocenters. The smallest absolute Gasteiger partial charge is 0.316 e. The fourth-order valence-electron chi connectivity index (χ4n) is 12.8. The molecule has 1 saturated heterocycles. The first-order valence-corrected chi connectivity index (χ1v) is 37.4. The highest BCUT2D eigenvalue weighted by Crippen LogP contribution is 2.23. The number of aromatic nitrogens is 1. The molecule has 0 aliphatic carbocycles. The summed E-state index contributed by atoms with van der Waals surface area (Å²) in [6.07, 6.45) is 4.54. The normalized spacial score (nSPS) is 15.1. The number of nitrogen functional groups attached to an aromatic ring is 1. The number of hydrogen-bond acceptors (Lipinski definition) is 15. The molecule has 2 heterocycles. The van der Waals surface area contributed by atoms with Crippen molar-refractivity contribution in [2.24, 2.45) is 11.7 Å². The van der Waals surface area contributed by atoms with Gasteiger partial charge in [0.2, 0.25) is 65.0 Å². The number of benzene rings is 5. The van der Waals surface area contributed by atoms with Crippen LogP contribution >= 0.6 is 11.6 Å². The molecule has 13 amide bonds. The minimum atomic E-state index is -1.50. The van der Waals surface area contributed by atoms with Gasteiger partial charge in [0.25, 0.3) is 0 Å². The van der Waals surface area contributed by atoms with Crippen LogP contribution in [0.1, 0.15) is 121 Å². The molecule has 1 aliphatic rings. The van der Waals surface area contributed by atoms with Crippen molar-refractivity contribution < 1.29 is 57.5 Å². The van der Waals surface area contributed by atoms with E-state index in [1.54, 1.807) is 79.7 Å². The number of hydrogen-bond donors (Lipinski definition) is 13. The first kappa shape index (κ1) is 85.3. The Bertz CT molecular complexity index is 4110. The Morgan fingerprint density at radius 3 is 1.53 bits per heavy atom. The van der Waals surface area contributed by atoms with Crippen molar-refractivity contribution in [1.82, 2.24) is 68.0 Å². The highest BCUT2D eigenvalue weighted by Gasteiger charge is 2.41. The summed E-state index contributed by atoms with van der Waals surface area (Å²) >= 11 is 6.28. The van der Waals surface area contributed by atoms with Gasteiger partial charge >= 0.3 is 6.03 Å². The maximum Gasteiger partial charge on any atom is 0.316 e. The van der Waals surface area contributed by atoms with E-state index in [1.165, 1.54) is 50.3 Å². The minimum Gasteiger partial charge on any atom is -0.399 e. The largest absolute Gasteiger partial charge is 0.399 e. The van der Waals surface area contributed by atoms with Gasteiger partial charge in [-0.3, -0.25) is 57.7 Å². The number of carbonyl (C=O) groups is 12. The molecule has 0 radical (unpaired) electrons. The number of likely N-dealkylation sites (N-methyl/N-ethyl adjacent to an activating group) is 1. The van der Waals surface area contributed by atoms with Gasteiger partial charge < -0.3 is 79.8 Å². The summed E-state index contributed by atoms with van der Waals surface area (Å²) in [5.74, 6) is -7.78. The molecule has 15 N–H and O–H groups in total. The number of halogens is 1. The van der Waals surface area contributed by atoms with Crippen molar-refractivity contribution >= 4 is 105 Å². The van der Waals surface area contributed by atoms with Crippen LogP contribution in [0.25, 0.3) is 10.8 Å². The van der Waals surface area contributed by atoms with Crippen LogP contribution in [0.3, 0.4) is 0 Å². The van der Waals surface area contributed by atoms with E-state index < -0.39 is 131 Å². The lowest BCUT2D eigenvalue weighted by molar-refractivity contribution is -0.142. The number of pyridine rings is 1. The van der Waals surface area contributed by atoms with Crippen molar-refractivity contribution in [3.05, 3.63) is 173 Å². The molecule has 0 saturated carbocycles. The summed E-state index contributed by atoms with van der Waals surface area (Å²) in [5, 5.41) is 32.6. The van der Waals surface area contributed by atoms with Gasteiger partial charge in [-0.05, 0) is 166 Å². The zero-order valence-corrected chi connectivity index (χ0v) is 64.1. The molecule has 29 heteroatoms. The van der Waals surface area contributed by atoms with Gasteiger partial charge in [-0.25, -0.2) is 4.79 Å². The highest BCUT2D eigenvalue weighted by molar-refractivity contribution is 6.30.